The summed E-state index contributed by atoms with van der Waals surface area (Å²) in [6.45, 7) is 4.18. The third-order valence-corrected chi connectivity index (χ3v) is 4.09. The van der Waals surface area contributed by atoms with Gasteiger partial charge in [-0.15, -0.1) is 0 Å². The number of nitrogens with two attached hydrogens (primary N) is 1. The Labute approximate surface area is 109 Å². The van der Waals surface area contributed by atoms with E-state index in [1.165, 1.54) is 25.7 Å². The highest BCUT2D eigenvalue weighted by atomic mass is 16.1. The Morgan fingerprint density at radius 3 is 2.67 bits per heavy atom. The molecule has 3 nitrogen and oxygen atoms in total. The lowest BCUT2D eigenvalue weighted by Crippen LogP contribution is -2.24. The SMILES string of the molecule is Cc1c(NC(C)C2CCCC2)cccc1C(N)=O. The lowest BCUT2D eigenvalue weighted by Gasteiger charge is -2.23. The molecule has 1 amide bonds. The van der Waals surface area contributed by atoms with Crippen LogP contribution in [0.25, 0.3) is 0 Å². The van der Waals surface area contributed by atoms with E-state index in [0.29, 0.717) is 11.6 Å². The molecular formula is C15H22N2O. The summed E-state index contributed by atoms with van der Waals surface area (Å²) in [5, 5.41) is 3.54. The molecular weight excluding hydrogens is 224 g/mol. The molecule has 0 spiro atoms. The highest BCUT2D eigenvalue weighted by Crippen LogP contribution is 2.30. The number of benzene rings is 1. The van der Waals surface area contributed by atoms with Crippen LogP contribution in [0.3, 0.4) is 0 Å². The van der Waals surface area contributed by atoms with Crippen molar-refractivity contribution in [3.05, 3.63) is 29.3 Å². The van der Waals surface area contributed by atoms with E-state index in [2.05, 4.69) is 12.2 Å². The zero-order valence-electron chi connectivity index (χ0n) is 11.2. The minimum Gasteiger partial charge on any atom is -0.382 e. The average molecular weight is 246 g/mol. The summed E-state index contributed by atoms with van der Waals surface area (Å²) in [6, 6.07) is 6.14. The maximum absolute atomic E-state index is 11.3. The van der Waals surface area contributed by atoms with Crippen molar-refractivity contribution in [1.29, 1.82) is 0 Å². The fourth-order valence-electron chi connectivity index (χ4n) is 2.88. The van der Waals surface area contributed by atoms with Gasteiger partial charge in [0.2, 0.25) is 5.91 Å². The normalized spacial score (nSPS) is 17.7. The van der Waals surface area contributed by atoms with Crippen molar-refractivity contribution >= 4 is 11.6 Å². The predicted molar refractivity (Wildman–Crippen MR) is 74.7 cm³/mol. The van der Waals surface area contributed by atoms with Crippen molar-refractivity contribution < 1.29 is 4.79 Å². The van der Waals surface area contributed by atoms with Crippen molar-refractivity contribution in [2.75, 3.05) is 5.32 Å². The Hall–Kier alpha value is -1.51. The van der Waals surface area contributed by atoms with Crippen LogP contribution in [0.4, 0.5) is 5.69 Å². The quantitative estimate of drug-likeness (QED) is 0.857. The van der Waals surface area contributed by atoms with Crippen molar-refractivity contribution in [2.45, 2.75) is 45.6 Å². The highest BCUT2D eigenvalue weighted by molar-refractivity contribution is 5.95. The summed E-state index contributed by atoms with van der Waals surface area (Å²) in [7, 11) is 0. The Morgan fingerprint density at radius 2 is 2.06 bits per heavy atom. The molecule has 1 aliphatic carbocycles. The van der Waals surface area contributed by atoms with Gasteiger partial charge < -0.3 is 11.1 Å². The monoisotopic (exact) mass is 246 g/mol. The highest BCUT2D eigenvalue weighted by Gasteiger charge is 2.22. The second-order valence-corrected chi connectivity index (χ2v) is 5.32. The molecule has 1 saturated carbocycles. The molecule has 0 aromatic heterocycles. The van der Waals surface area contributed by atoms with Crippen LogP contribution >= 0.6 is 0 Å². The molecule has 0 radical (unpaired) electrons. The van der Waals surface area contributed by atoms with Gasteiger partial charge in [0.25, 0.3) is 0 Å². The van der Waals surface area contributed by atoms with Gasteiger partial charge in [-0.3, -0.25) is 4.79 Å². The van der Waals surface area contributed by atoms with E-state index in [1.807, 2.05) is 19.1 Å². The van der Waals surface area contributed by atoms with Crippen LogP contribution in [0.2, 0.25) is 0 Å². The van der Waals surface area contributed by atoms with E-state index in [4.69, 9.17) is 5.73 Å². The maximum atomic E-state index is 11.3. The Balaban J connectivity index is 2.13. The van der Waals surface area contributed by atoms with Gasteiger partial charge in [0, 0.05) is 17.3 Å². The lowest BCUT2D eigenvalue weighted by molar-refractivity contribution is 0.1000. The third kappa shape index (κ3) is 2.66. The standard InChI is InChI=1S/C15H22N2O/c1-10-13(15(16)18)8-5-9-14(10)17-11(2)12-6-3-4-7-12/h5,8-9,11-12,17H,3-4,6-7H2,1-2H3,(H2,16,18). The van der Waals surface area contributed by atoms with E-state index in [0.717, 1.165) is 17.2 Å². The molecule has 1 aromatic rings. The fraction of sp³-hybridized carbons (Fsp3) is 0.533. The van der Waals surface area contributed by atoms with Crippen LogP contribution in [0, 0.1) is 12.8 Å². The number of amides is 1. The molecule has 1 unspecified atom stereocenters. The number of hydrogen-bond acceptors (Lipinski definition) is 2. The van der Waals surface area contributed by atoms with Crippen LogP contribution in [0.5, 0.6) is 0 Å². The molecule has 1 fully saturated rings. The lowest BCUT2D eigenvalue weighted by atomic mass is 9.98. The summed E-state index contributed by atoms with van der Waals surface area (Å²) >= 11 is 0. The minimum absolute atomic E-state index is 0.357. The number of rotatable bonds is 4. The molecule has 0 bridgehead atoms. The van der Waals surface area contributed by atoms with E-state index < -0.39 is 0 Å². The van der Waals surface area contributed by atoms with Gasteiger partial charge >= 0.3 is 0 Å². The molecule has 1 atom stereocenters. The smallest absolute Gasteiger partial charge is 0.249 e. The molecule has 2 rings (SSSR count). The second-order valence-electron chi connectivity index (χ2n) is 5.32. The molecule has 98 valence electrons. The van der Waals surface area contributed by atoms with Crippen LogP contribution in [0.15, 0.2) is 18.2 Å². The summed E-state index contributed by atoms with van der Waals surface area (Å²) in [5.41, 5.74) is 7.97. The van der Waals surface area contributed by atoms with E-state index in [1.54, 1.807) is 6.07 Å². The molecule has 3 N–H and O–H groups in total. The number of carbonyl (C=O) groups is 1. The zero-order valence-corrected chi connectivity index (χ0v) is 11.2. The Morgan fingerprint density at radius 1 is 1.39 bits per heavy atom. The first-order chi connectivity index (χ1) is 8.59. The first-order valence-corrected chi connectivity index (χ1v) is 6.75. The van der Waals surface area contributed by atoms with Gasteiger partial charge in [0.15, 0.2) is 0 Å². The minimum atomic E-state index is -0.357. The van der Waals surface area contributed by atoms with Crippen molar-refractivity contribution in [1.82, 2.24) is 0 Å². The fourth-order valence-corrected chi connectivity index (χ4v) is 2.88. The third-order valence-electron chi connectivity index (χ3n) is 4.09. The van der Waals surface area contributed by atoms with E-state index in [9.17, 15) is 4.79 Å². The van der Waals surface area contributed by atoms with Crippen molar-refractivity contribution in [3.8, 4) is 0 Å². The van der Waals surface area contributed by atoms with Crippen molar-refractivity contribution in [3.63, 3.8) is 0 Å². The molecule has 1 aliphatic rings. The van der Waals surface area contributed by atoms with Gasteiger partial charge in [-0.1, -0.05) is 18.9 Å². The Bertz CT molecular complexity index is 436. The topological polar surface area (TPSA) is 55.1 Å². The summed E-state index contributed by atoms with van der Waals surface area (Å²) in [6.07, 6.45) is 5.30. The first-order valence-electron chi connectivity index (χ1n) is 6.75. The molecule has 0 aliphatic heterocycles. The van der Waals surface area contributed by atoms with Gasteiger partial charge in [-0.05, 0) is 50.3 Å². The second kappa shape index (κ2) is 5.42. The van der Waals surface area contributed by atoms with Crippen LogP contribution in [-0.4, -0.2) is 11.9 Å². The summed E-state index contributed by atoms with van der Waals surface area (Å²) in [4.78, 5) is 11.3. The number of nitrogens with one attached hydrogen (secondary N) is 1. The maximum Gasteiger partial charge on any atom is 0.249 e. The summed E-state index contributed by atoms with van der Waals surface area (Å²) in [5.74, 6) is 0.395. The van der Waals surface area contributed by atoms with Crippen LogP contribution in [0.1, 0.15) is 48.5 Å². The molecule has 0 heterocycles. The van der Waals surface area contributed by atoms with Gasteiger partial charge in [-0.25, -0.2) is 0 Å². The number of primary amides is 1. The van der Waals surface area contributed by atoms with Gasteiger partial charge in [-0.2, -0.15) is 0 Å². The predicted octanol–water partition coefficient (Wildman–Crippen LogP) is 3.08. The Kier molecular flexibility index (Phi) is 3.90. The summed E-state index contributed by atoms with van der Waals surface area (Å²) < 4.78 is 0. The zero-order chi connectivity index (χ0) is 13.1. The number of hydrogen-bond donors (Lipinski definition) is 2. The molecule has 0 saturated heterocycles. The van der Waals surface area contributed by atoms with E-state index >= 15 is 0 Å². The number of carbonyl (C=O) groups excluding carboxylic acids is 1. The van der Waals surface area contributed by atoms with Crippen LogP contribution < -0.4 is 11.1 Å². The number of anilines is 1. The molecule has 3 heteroatoms. The average Bonchev–Trinajstić information content (AvgIpc) is 2.85. The molecule has 1 aromatic carbocycles. The largest absolute Gasteiger partial charge is 0.382 e. The first kappa shape index (κ1) is 12.9. The molecule has 18 heavy (non-hydrogen) atoms. The van der Waals surface area contributed by atoms with Gasteiger partial charge in [0.05, 0.1) is 0 Å². The van der Waals surface area contributed by atoms with Crippen molar-refractivity contribution in [2.24, 2.45) is 11.7 Å². The van der Waals surface area contributed by atoms with Crippen LogP contribution in [-0.2, 0) is 0 Å². The van der Waals surface area contributed by atoms with E-state index in [-0.39, 0.29) is 5.91 Å². The van der Waals surface area contributed by atoms with Gasteiger partial charge in [0.1, 0.15) is 0 Å².